The number of aromatic nitrogens is 3. The molecule has 7 nitrogen and oxygen atoms in total. The zero-order chi connectivity index (χ0) is 14.4. The Kier molecular flexibility index (Phi) is 2.67. The van der Waals surface area contributed by atoms with Crippen molar-refractivity contribution in [3.63, 3.8) is 0 Å². The number of hydrogen-bond donors (Lipinski definition) is 2. The fourth-order valence-electron chi connectivity index (χ4n) is 3.04. The zero-order valence-electron chi connectivity index (χ0n) is 11.6. The molecule has 4 N–H and O–H groups in total. The van der Waals surface area contributed by atoms with E-state index < -0.39 is 0 Å². The molecule has 2 aromatic heterocycles. The van der Waals surface area contributed by atoms with Crippen LogP contribution in [0.5, 0.6) is 0 Å². The van der Waals surface area contributed by atoms with Gasteiger partial charge < -0.3 is 20.9 Å². The quantitative estimate of drug-likeness (QED) is 0.800. The molecule has 1 fully saturated rings. The van der Waals surface area contributed by atoms with Crippen molar-refractivity contribution in [1.82, 2.24) is 14.5 Å². The van der Waals surface area contributed by atoms with Crippen LogP contribution in [0.4, 0.5) is 17.6 Å². The van der Waals surface area contributed by atoms with Gasteiger partial charge in [-0.05, 0) is 19.8 Å². The summed E-state index contributed by atoms with van der Waals surface area (Å²) < 4.78 is 1.89. The predicted molar refractivity (Wildman–Crippen MR) is 78.1 cm³/mol. The van der Waals surface area contributed by atoms with Crippen LogP contribution in [0.3, 0.4) is 0 Å². The molecule has 0 saturated carbocycles. The highest BCUT2D eigenvalue weighted by Crippen LogP contribution is 2.36. The summed E-state index contributed by atoms with van der Waals surface area (Å²) in [6.07, 6.45) is 2.24. The van der Waals surface area contributed by atoms with Crippen LogP contribution in [0.2, 0.25) is 0 Å². The molecule has 20 heavy (non-hydrogen) atoms. The van der Waals surface area contributed by atoms with Gasteiger partial charge in [-0.15, -0.1) is 0 Å². The van der Waals surface area contributed by atoms with Crippen LogP contribution in [0.15, 0.2) is 0 Å². The molecule has 0 bridgehead atoms. The van der Waals surface area contributed by atoms with Crippen LogP contribution in [0.1, 0.15) is 25.3 Å². The molecule has 104 valence electrons. The molecule has 3 heterocycles. The van der Waals surface area contributed by atoms with E-state index in [9.17, 15) is 5.26 Å². The molecule has 1 atom stereocenters. The van der Waals surface area contributed by atoms with E-state index in [0.29, 0.717) is 22.6 Å². The van der Waals surface area contributed by atoms with Crippen molar-refractivity contribution in [1.29, 1.82) is 5.26 Å². The van der Waals surface area contributed by atoms with Crippen LogP contribution >= 0.6 is 0 Å². The first-order valence-corrected chi connectivity index (χ1v) is 6.62. The molecule has 0 spiro atoms. The summed E-state index contributed by atoms with van der Waals surface area (Å²) in [4.78, 5) is 10.4. The van der Waals surface area contributed by atoms with Crippen LogP contribution in [0, 0.1) is 11.3 Å². The summed E-state index contributed by atoms with van der Waals surface area (Å²) >= 11 is 0. The second kappa shape index (κ2) is 4.27. The van der Waals surface area contributed by atoms with Gasteiger partial charge in [0, 0.05) is 19.6 Å². The van der Waals surface area contributed by atoms with E-state index in [1.807, 2.05) is 11.6 Å². The van der Waals surface area contributed by atoms with Crippen LogP contribution in [-0.2, 0) is 7.05 Å². The van der Waals surface area contributed by atoms with Gasteiger partial charge in [-0.25, -0.2) is 0 Å². The Bertz CT molecular complexity index is 725. The lowest BCUT2D eigenvalue weighted by molar-refractivity contribution is 0.712. The number of nitrogen functional groups attached to an aromatic ring is 2. The zero-order valence-corrected chi connectivity index (χ0v) is 11.6. The minimum absolute atomic E-state index is 0.126. The highest BCUT2D eigenvalue weighted by Gasteiger charge is 2.29. The smallest absolute Gasteiger partial charge is 0.223 e. The van der Waals surface area contributed by atoms with E-state index >= 15 is 0 Å². The molecule has 3 rings (SSSR count). The molecule has 0 aromatic carbocycles. The van der Waals surface area contributed by atoms with Crippen LogP contribution < -0.4 is 16.4 Å². The normalized spacial score (nSPS) is 18.6. The van der Waals surface area contributed by atoms with Crippen molar-refractivity contribution in [3.8, 4) is 6.07 Å². The number of anilines is 3. The van der Waals surface area contributed by atoms with E-state index in [-0.39, 0.29) is 11.8 Å². The third-order valence-electron chi connectivity index (χ3n) is 3.98. The Hall–Kier alpha value is -2.49. The lowest BCUT2D eigenvalue weighted by atomic mass is 10.2. The van der Waals surface area contributed by atoms with Crippen LogP contribution in [-0.4, -0.2) is 27.1 Å². The van der Waals surface area contributed by atoms with E-state index in [1.165, 1.54) is 0 Å². The van der Waals surface area contributed by atoms with Crippen LogP contribution in [0.25, 0.3) is 11.0 Å². The molecular weight excluding hydrogens is 254 g/mol. The highest BCUT2D eigenvalue weighted by molar-refractivity contribution is 5.98. The molecule has 1 aliphatic rings. The van der Waals surface area contributed by atoms with Gasteiger partial charge in [0.15, 0.2) is 0 Å². The minimum atomic E-state index is 0.126. The predicted octanol–water partition coefficient (Wildman–Crippen LogP) is 0.993. The molecule has 0 aliphatic carbocycles. The van der Waals surface area contributed by atoms with Crippen molar-refractivity contribution in [2.75, 3.05) is 22.9 Å². The first kappa shape index (κ1) is 12.5. The largest absolute Gasteiger partial charge is 0.383 e. The van der Waals surface area contributed by atoms with Crippen molar-refractivity contribution in [2.45, 2.75) is 25.8 Å². The number of nitriles is 1. The summed E-state index contributed by atoms with van der Waals surface area (Å²) in [5.74, 6) is 1.25. The molecule has 1 aliphatic heterocycles. The Morgan fingerprint density at radius 2 is 2.10 bits per heavy atom. The van der Waals surface area contributed by atoms with Gasteiger partial charge in [-0.1, -0.05) is 0 Å². The molecule has 2 aromatic rings. The maximum Gasteiger partial charge on any atom is 0.223 e. The van der Waals surface area contributed by atoms with Gasteiger partial charge in [-0.2, -0.15) is 15.2 Å². The standard InChI is InChI=1S/C13H17N7/c1-7-4-3-5-20(7)12-8(6-14)9-10(15)17-13(16)18-11(9)19(12)2/h7H,3-5H2,1-2H3,(H4,15,16,17,18)/t7-/m1/s1. The summed E-state index contributed by atoms with van der Waals surface area (Å²) in [5, 5.41) is 10.1. The Morgan fingerprint density at radius 3 is 2.70 bits per heavy atom. The average molecular weight is 271 g/mol. The summed E-state index contributed by atoms with van der Waals surface area (Å²) in [6.45, 7) is 3.10. The fourth-order valence-corrected chi connectivity index (χ4v) is 3.04. The van der Waals surface area contributed by atoms with E-state index in [2.05, 4.69) is 27.9 Å². The summed E-state index contributed by atoms with van der Waals surface area (Å²) in [6, 6.07) is 2.65. The van der Waals surface area contributed by atoms with E-state index in [4.69, 9.17) is 11.5 Å². The van der Waals surface area contributed by atoms with Gasteiger partial charge in [0.05, 0.1) is 5.39 Å². The van der Waals surface area contributed by atoms with Gasteiger partial charge in [0.25, 0.3) is 0 Å². The number of aryl methyl sites for hydroxylation is 1. The average Bonchev–Trinajstić information content (AvgIpc) is 2.92. The first-order valence-electron chi connectivity index (χ1n) is 6.62. The monoisotopic (exact) mass is 271 g/mol. The molecule has 0 amide bonds. The van der Waals surface area contributed by atoms with E-state index in [1.54, 1.807) is 0 Å². The molecule has 0 radical (unpaired) electrons. The number of rotatable bonds is 1. The topological polar surface area (TPSA) is 110 Å². The SMILES string of the molecule is C[C@@H]1CCCN1c1c(C#N)c2c(N)nc(N)nc2n1C. The number of nitrogens with two attached hydrogens (primary N) is 2. The molecular formula is C13H17N7. The van der Waals surface area contributed by atoms with Crippen molar-refractivity contribution < 1.29 is 0 Å². The van der Waals surface area contributed by atoms with Crippen molar-refractivity contribution in [2.24, 2.45) is 7.05 Å². The van der Waals surface area contributed by atoms with Crippen molar-refractivity contribution >= 4 is 28.6 Å². The van der Waals surface area contributed by atoms with E-state index in [0.717, 1.165) is 25.2 Å². The highest BCUT2D eigenvalue weighted by atomic mass is 15.3. The van der Waals surface area contributed by atoms with Crippen molar-refractivity contribution in [3.05, 3.63) is 5.56 Å². The summed E-state index contributed by atoms with van der Waals surface area (Å²) in [7, 11) is 1.88. The number of nitrogens with zero attached hydrogens (tertiary/aromatic N) is 5. The van der Waals surface area contributed by atoms with Gasteiger partial charge in [0.2, 0.25) is 5.95 Å². The summed E-state index contributed by atoms with van der Waals surface area (Å²) in [5.41, 5.74) is 12.7. The Balaban J connectivity index is 2.35. The lowest BCUT2D eigenvalue weighted by Crippen LogP contribution is -2.28. The van der Waals surface area contributed by atoms with Gasteiger partial charge in [0.1, 0.15) is 28.9 Å². The van der Waals surface area contributed by atoms with Gasteiger partial charge in [-0.3, -0.25) is 0 Å². The first-order chi connectivity index (χ1) is 9.54. The maximum absolute atomic E-state index is 9.54. The third kappa shape index (κ3) is 1.58. The minimum Gasteiger partial charge on any atom is -0.383 e. The Labute approximate surface area is 116 Å². The lowest BCUT2D eigenvalue weighted by Gasteiger charge is -2.24. The maximum atomic E-state index is 9.54. The molecule has 7 heteroatoms. The fraction of sp³-hybridized carbons (Fsp3) is 0.462. The molecule has 1 saturated heterocycles. The number of fused-ring (bicyclic) bond motifs is 1. The third-order valence-corrected chi connectivity index (χ3v) is 3.98. The van der Waals surface area contributed by atoms with Gasteiger partial charge >= 0.3 is 0 Å². The second-order valence-electron chi connectivity index (χ2n) is 5.22. The Morgan fingerprint density at radius 1 is 1.35 bits per heavy atom. The molecule has 0 unspecified atom stereocenters. The number of hydrogen-bond acceptors (Lipinski definition) is 6. The second-order valence-corrected chi connectivity index (χ2v) is 5.22.